The first-order valence-electron chi connectivity index (χ1n) is 5.65. The largest absolute Gasteiger partial charge is 0.316 e. The molecule has 2 heterocycles. The lowest BCUT2D eigenvalue weighted by molar-refractivity contribution is 0.186. The molecule has 4 nitrogen and oxygen atoms in total. The molecule has 0 aliphatic carbocycles. The second-order valence-electron chi connectivity index (χ2n) is 4.18. The number of halogens is 2. The van der Waals surface area contributed by atoms with Crippen molar-refractivity contribution in [3.8, 4) is 0 Å². The molecule has 1 aromatic heterocycles. The average Bonchev–Trinajstić information content (AvgIpc) is 2.29. The molecule has 1 aromatic rings. The molecule has 0 bridgehead atoms. The molecule has 1 fully saturated rings. The van der Waals surface area contributed by atoms with Gasteiger partial charge >= 0.3 is 0 Å². The van der Waals surface area contributed by atoms with E-state index in [-0.39, 0.29) is 12.4 Å². The van der Waals surface area contributed by atoms with Crippen LogP contribution >= 0.6 is 24.0 Å². The number of hydrogen-bond acceptors (Lipinski definition) is 4. The Morgan fingerprint density at radius 3 is 3.12 bits per heavy atom. The second-order valence-corrected chi connectivity index (χ2v) is 4.52. The van der Waals surface area contributed by atoms with E-state index >= 15 is 0 Å². The SMILES string of the molecule is CNC1CCCN(Cc2ccnc(Cl)n2)C1.Cl. The van der Waals surface area contributed by atoms with Crippen LogP contribution in [0.1, 0.15) is 18.5 Å². The van der Waals surface area contributed by atoms with Gasteiger partial charge in [0.15, 0.2) is 0 Å². The fourth-order valence-electron chi connectivity index (χ4n) is 2.12. The molecule has 1 saturated heterocycles. The number of nitrogens with one attached hydrogen (secondary N) is 1. The number of likely N-dealkylation sites (N-methyl/N-ethyl adjacent to an activating group) is 1. The third-order valence-corrected chi connectivity index (χ3v) is 3.17. The third kappa shape index (κ3) is 4.39. The van der Waals surface area contributed by atoms with E-state index in [4.69, 9.17) is 11.6 Å². The van der Waals surface area contributed by atoms with Gasteiger partial charge in [0.05, 0.1) is 5.69 Å². The van der Waals surface area contributed by atoms with Crippen molar-refractivity contribution in [3.05, 3.63) is 23.2 Å². The van der Waals surface area contributed by atoms with Gasteiger partial charge in [-0.2, -0.15) is 0 Å². The van der Waals surface area contributed by atoms with Crippen LogP contribution in [0.2, 0.25) is 5.28 Å². The smallest absolute Gasteiger partial charge is 0.222 e. The molecule has 1 aliphatic rings. The van der Waals surface area contributed by atoms with Crippen molar-refractivity contribution in [1.82, 2.24) is 20.2 Å². The minimum absolute atomic E-state index is 0. The molecule has 0 radical (unpaired) electrons. The molecule has 0 saturated carbocycles. The summed E-state index contributed by atoms with van der Waals surface area (Å²) in [5.74, 6) is 0. The molecule has 1 atom stereocenters. The lowest BCUT2D eigenvalue weighted by Crippen LogP contribution is -2.43. The number of nitrogens with zero attached hydrogens (tertiary/aromatic N) is 3. The van der Waals surface area contributed by atoms with Crippen molar-refractivity contribution in [2.45, 2.75) is 25.4 Å². The normalized spacial score (nSPS) is 20.9. The topological polar surface area (TPSA) is 41.0 Å². The van der Waals surface area contributed by atoms with Crippen molar-refractivity contribution < 1.29 is 0 Å². The van der Waals surface area contributed by atoms with Crippen LogP contribution in [0, 0.1) is 0 Å². The van der Waals surface area contributed by atoms with Crippen molar-refractivity contribution >= 4 is 24.0 Å². The van der Waals surface area contributed by atoms with E-state index in [2.05, 4.69) is 20.2 Å². The molecule has 0 amide bonds. The van der Waals surface area contributed by atoms with Gasteiger partial charge in [-0.15, -0.1) is 12.4 Å². The fraction of sp³-hybridized carbons (Fsp3) is 0.636. The molecule has 0 spiro atoms. The summed E-state index contributed by atoms with van der Waals surface area (Å²) in [6.45, 7) is 3.08. The summed E-state index contributed by atoms with van der Waals surface area (Å²) in [6.07, 6.45) is 4.21. The van der Waals surface area contributed by atoms with E-state index in [1.165, 1.54) is 12.8 Å². The number of likely N-dealkylation sites (tertiary alicyclic amines) is 1. The Hall–Kier alpha value is -0.420. The lowest BCUT2D eigenvalue weighted by atomic mass is 10.1. The minimum Gasteiger partial charge on any atom is -0.316 e. The standard InChI is InChI=1S/C11H17ClN4.ClH/c1-13-9-3-2-6-16(7-9)8-10-4-5-14-11(12)15-10;/h4-5,9,13H,2-3,6-8H2,1H3;1H. The van der Waals surface area contributed by atoms with Crippen LogP contribution in [0.4, 0.5) is 0 Å². The van der Waals surface area contributed by atoms with Crippen molar-refractivity contribution in [2.24, 2.45) is 0 Å². The van der Waals surface area contributed by atoms with Crippen LogP contribution in [-0.4, -0.2) is 41.0 Å². The number of aromatic nitrogens is 2. The monoisotopic (exact) mass is 276 g/mol. The Balaban J connectivity index is 0.00000144. The molecule has 17 heavy (non-hydrogen) atoms. The lowest BCUT2D eigenvalue weighted by Gasteiger charge is -2.32. The number of rotatable bonds is 3. The maximum absolute atomic E-state index is 5.77. The highest BCUT2D eigenvalue weighted by atomic mass is 35.5. The van der Waals surface area contributed by atoms with Gasteiger partial charge < -0.3 is 5.32 Å². The zero-order chi connectivity index (χ0) is 11.4. The van der Waals surface area contributed by atoms with Gasteiger partial charge in [-0.25, -0.2) is 9.97 Å². The van der Waals surface area contributed by atoms with E-state index < -0.39 is 0 Å². The Kier molecular flexibility index (Phi) is 6.12. The van der Waals surface area contributed by atoms with Gasteiger partial charge in [0.25, 0.3) is 0 Å². The highest BCUT2D eigenvalue weighted by Crippen LogP contribution is 2.13. The fourth-order valence-corrected chi connectivity index (χ4v) is 2.29. The zero-order valence-corrected chi connectivity index (χ0v) is 11.5. The molecule has 2 rings (SSSR count). The minimum atomic E-state index is 0. The summed E-state index contributed by atoms with van der Waals surface area (Å²) in [5, 5.41) is 3.66. The van der Waals surface area contributed by atoms with Crippen LogP contribution in [0.5, 0.6) is 0 Å². The molecular weight excluding hydrogens is 259 g/mol. The molecule has 1 aliphatic heterocycles. The van der Waals surface area contributed by atoms with E-state index in [1.54, 1.807) is 6.20 Å². The summed E-state index contributed by atoms with van der Waals surface area (Å²) in [4.78, 5) is 10.5. The van der Waals surface area contributed by atoms with Crippen molar-refractivity contribution in [2.75, 3.05) is 20.1 Å². The van der Waals surface area contributed by atoms with Gasteiger partial charge in [0.2, 0.25) is 5.28 Å². The van der Waals surface area contributed by atoms with Crippen molar-refractivity contribution in [3.63, 3.8) is 0 Å². The van der Waals surface area contributed by atoms with Gasteiger partial charge in [-0.3, -0.25) is 4.90 Å². The van der Waals surface area contributed by atoms with E-state index in [0.717, 1.165) is 25.3 Å². The van der Waals surface area contributed by atoms with Crippen LogP contribution in [0.15, 0.2) is 12.3 Å². The highest BCUT2D eigenvalue weighted by Gasteiger charge is 2.18. The molecular formula is C11H18Cl2N4. The molecule has 1 N–H and O–H groups in total. The van der Waals surface area contributed by atoms with E-state index in [9.17, 15) is 0 Å². The first kappa shape index (κ1) is 14.6. The maximum atomic E-state index is 5.77. The quantitative estimate of drug-likeness (QED) is 0.854. The van der Waals surface area contributed by atoms with E-state index in [1.807, 2.05) is 13.1 Å². The zero-order valence-electron chi connectivity index (χ0n) is 9.90. The van der Waals surface area contributed by atoms with Crippen LogP contribution in [-0.2, 0) is 6.54 Å². The Morgan fingerprint density at radius 1 is 1.59 bits per heavy atom. The second kappa shape index (κ2) is 7.11. The van der Waals surface area contributed by atoms with Crippen LogP contribution in [0.3, 0.4) is 0 Å². The first-order valence-corrected chi connectivity index (χ1v) is 6.03. The summed E-state index contributed by atoms with van der Waals surface area (Å²) in [6, 6.07) is 2.53. The molecule has 6 heteroatoms. The Labute approximate surface area is 113 Å². The van der Waals surface area contributed by atoms with E-state index in [0.29, 0.717) is 11.3 Å². The summed E-state index contributed by atoms with van der Waals surface area (Å²) in [5.41, 5.74) is 0.997. The highest BCUT2D eigenvalue weighted by molar-refractivity contribution is 6.28. The Bertz CT molecular complexity index is 348. The van der Waals surface area contributed by atoms with Crippen LogP contribution < -0.4 is 5.32 Å². The molecule has 1 unspecified atom stereocenters. The predicted molar refractivity (Wildman–Crippen MR) is 71.6 cm³/mol. The Morgan fingerprint density at radius 2 is 2.41 bits per heavy atom. The van der Waals surface area contributed by atoms with Gasteiger partial charge in [-0.05, 0) is 44.1 Å². The molecule has 0 aromatic carbocycles. The third-order valence-electron chi connectivity index (χ3n) is 2.98. The average molecular weight is 277 g/mol. The summed E-state index contributed by atoms with van der Waals surface area (Å²) < 4.78 is 0. The predicted octanol–water partition coefficient (Wildman–Crippen LogP) is 1.74. The molecule has 96 valence electrons. The van der Waals surface area contributed by atoms with Crippen LogP contribution in [0.25, 0.3) is 0 Å². The summed E-state index contributed by atoms with van der Waals surface area (Å²) >= 11 is 5.77. The number of piperidine rings is 1. The summed E-state index contributed by atoms with van der Waals surface area (Å²) in [7, 11) is 2.02. The van der Waals surface area contributed by atoms with Gasteiger partial charge in [0, 0.05) is 25.3 Å². The maximum Gasteiger partial charge on any atom is 0.222 e. The van der Waals surface area contributed by atoms with Gasteiger partial charge in [-0.1, -0.05) is 0 Å². The van der Waals surface area contributed by atoms with Gasteiger partial charge in [0.1, 0.15) is 0 Å². The first-order chi connectivity index (χ1) is 7.78. The van der Waals surface area contributed by atoms with Crippen molar-refractivity contribution in [1.29, 1.82) is 0 Å². The number of hydrogen-bond donors (Lipinski definition) is 1.